The van der Waals surface area contributed by atoms with Gasteiger partial charge >= 0.3 is 0 Å². The number of hydrogen-bond donors (Lipinski definition) is 2. The number of aromatic amines is 1. The van der Waals surface area contributed by atoms with Crippen molar-refractivity contribution in [3.8, 4) is 11.5 Å². The summed E-state index contributed by atoms with van der Waals surface area (Å²) in [6.45, 7) is 0.846. The number of methoxy groups -OCH3 is 2. The highest BCUT2D eigenvalue weighted by molar-refractivity contribution is 5.84. The fraction of sp³-hybridized carbons (Fsp3) is 0.364. The smallest absolute Gasteiger partial charge is 0.120 e. The quantitative estimate of drug-likeness (QED) is 0.675. The third kappa shape index (κ3) is 3.06. The van der Waals surface area contributed by atoms with Crippen molar-refractivity contribution in [2.45, 2.75) is 37.8 Å². The lowest BCUT2D eigenvalue weighted by molar-refractivity contribution is 0.338. The predicted molar refractivity (Wildman–Crippen MR) is 105 cm³/mol. The molecule has 26 heavy (non-hydrogen) atoms. The largest absolute Gasteiger partial charge is 0.497 e. The molecule has 1 fully saturated rings. The number of H-pyrrole nitrogens is 1. The van der Waals surface area contributed by atoms with Gasteiger partial charge in [0.1, 0.15) is 11.5 Å². The molecule has 2 N–H and O–H groups in total. The average Bonchev–Trinajstić information content (AvgIpc) is 3.33. The maximum absolute atomic E-state index is 5.32. The maximum Gasteiger partial charge on any atom is 0.120 e. The first kappa shape index (κ1) is 17.0. The number of fused-ring (bicyclic) bond motifs is 1. The summed E-state index contributed by atoms with van der Waals surface area (Å²) >= 11 is 0. The van der Waals surface area contributed by atoms with Crippen molar-refractivity contribution in [3.05, 3.63) is 59.8 Å². The predicted octanol–water partition coefficient (Wildman–Crippen LogP) is 4.74. The van der Waals surface area contributed by atoms with Crippen LogP contribution in [0.5, 0.6) is 11.5 Å². The van der Waals surface area contributed by atoms with Gasteiger partial charge in [0, 0.05) is 35.2 Å². The SMILES string of the molecule is COc1ccc(C2(NCc3c[nH]c4cc(OC)ccc34)CCCC2)cc1. The van der Waals surface area contributed by atoms with Crippen molar-refractivity contribution < 1.29 is 9.47 Å². The van der Waals surface area contributed by atoms with Crippen LogP contribution in [-0.4, -0.2) is 19.2 Å². The normalized spacial score (nSPS) is 16.1. The van der Waals surface area contributed by atoms with Gasteiger partial charge in [-0.15, -0.1) is 0 Å². The number of ether oxygens (including phenoxy) is 2. The Labute approximate surface area is 154 Å². The molecule has 0 spiro atoms. The number of nitrogens with one attached hydrogen (secondary N) is 2. The van der Waals surface area contributed by atoms with E-state index in [9.17, 15) is 0 Å². The molecule has 1 heterocycles. The molecule has 4 heteroatoms. The van der Waals surface area contributed by atoms with Crippen LogP contribution in [0.25, 0.3) is 10.9 Å². The molecule has 0 atom stereocenters. The number of aromatic nitrogens is 1. The summed E-state index contributed by atoms with van der Waals surface area (Å²) in [5, 5.41) is 5.13. The Bertz CT molecular complexity index is 877. The summed E-state index contributed by atoms with van der Waals surface area (Å²) in [6, 6.07) is 14.7. The number of rotatable bonds is 6. The summed E-state index contributed by atoms with van der Waals surface area (Å²) in [4.78, 5) is 3.37. The van der Waals surface area contributed by atoms with Crippen molar-refractivity contribution in [1.29, 1.82) is 0 Å². The van der Waals surface area contributed by atoms with Gasteiger partial charge in [0.25, 0.3) is 0 Å². The molecule has 1 aromatic heterocycles. The molecular weight excluding hydrogens is 324 g/mol. The van der Waals surface area contributed by atoms with Crippen LogP contribution < -0.4 is 14.8 Å². The first-order chi connectivity index (χ1) is 12.7. The number of hydrogen-bond acceptors (Lipinski definition) is 3. The molecule has 3 aromatic rings. The van der Waals surface area contributed by atoms with Gasteiger partial charge in [0.2, 0.25) is 0 Å². The van der Waals surface area contributed by atoms with Crippen LogP contribution in [0.15, 0.2) is 48.7 Å². The van der Waals surface area contributed by atoms with Gasteiger partial charge in [-0.3, -0.25) is 0 Å². The molecule has 4 nitrogen and oxygen atoms in total. The van der Waals surface area contributed by atoms with Gasteiger partial charge in [0.05, 0.1) is 14.2 Å². The molecule has 4 rings (SSSR count). The zero-order chi connectivity index (χ0) is 18.0. The zero-order valence-corrected chi connectivity index (χ0v) is 15.5. The fourth-order valence-corrected chi connectivity index (χ4v) is 4.16. The maximum atomic E-state index is 5.32. The van der Waals surface area contributed by atoms with Gasteiger partial charge in [-0.05, 0) is 48.2 Å². The lowest BCUT2D eigenvalue weighted by atomic mass is 9.88. The molecule has 136 valence electrons. The van der Waals surface area contributed by atoms with Crippen LogP contribution >= 0.6 is 0 Å². The summed E-state index contributed by atoms with van der Waals surface area (Å²) in [5.74, 6) is 1.79. The second-order valence-corrected chi connectivity index (χ2v) is 7.10. The van der Waals surface area contributed by atoms with E-state index in [1.54, 1.807) is 14.2 Å². The minimum absolute atomic E-state index is 0.0579. The van der Waals surface area contributed by atoms with Crippen molar-refractivity contribution in [1.82, 2.24) is 10.3 Å². The Balaban J connectivity index is 1.57. The molecule has 0 saturated heterocycles. The molecule has 0 bridgehead atoms. The van der Waals surface area contributed by atoms with Gasteiger partial charge in [-0.2, -0.15) is 0 Å². The van der Waals surface area contributed by atoms with Crippen molar-refractivity contribution >= 4 is 10.9 Å². The van der Waals surface area contributed by atoms with E-state index in [-0.39, 0.29) is 5.54 Å². The Morgan fingerprint density at radius 2 is 1.65 bits per heavy atom. The second kappa shape index (κ2) is 7.04. The second-order valence-electron chi connectivity index (χ2n) is 7.10. The summed E-state index contributed by atoms with van der Waals surface area (Å²) in [6.07, 6.45) is 6.99. The van der Waals surface area contributed by atoms with Crippen LogP contribution in [0, 0.1) is 0 Å². The van der Waals surface area contributed by atoms with Gasteiger partial charge in [-0.1, -0.05) is 25.0 Å². The molecule has 0 aliphatic heterocycles. The van der Waals surface area contributed by atoms with Crippen molar-refractivity contribution in [2.75, 3.05) is 14.2 Å². The lowest BCUT2D eigenvalue weighted by Gasteiger charge is -2.31. The van der Waals surface area contributed by atoms with Gasteiger partial charge in [0.15, 0.2) is 0 Å². The van der Waals surface area contributed by atoms with E-state index < -0.39 is 0 Å². The third-order valence-electron chi connectivity index (χ3n) is 5.69. The summed E-state index contributed by atoms with van der Waals surface area (Å²) in [7, 11) is 3.41. The van der Waals surface area contributed by atoms with E-state index >= 15 is 0 Å². The highest BCUT2D eigenvalue weighted by Crippen LogP contribution is 2.39. The molecule has 2 aromatic carbocycles. The average molecular weight is 350 g/mol. The summed E-state index contributed by atoms with van der Waals surface area (Å²) in [5.41, 5.74) is 3.83. The Hall–Kier alpha value is -2.46. The standard InChI is InChI=1S/C22H26N2O2/c1-25-18-7-5-17(6-8-18)22(11-3-4-12-22)24-15-16-14-23-21-13-19(26-2)9-10-20(16)21/h5-10,13-14,23-24H,3-4,11-12,15H2,1-2H3. The zero-order valence-electron chi connectivity index (χ0n) is 15.5. The Morgan fingerprint density at radius 3 is 2.35 bits per heavy atom. The molecule has 1 saturated carbocycles. The number of benzene rings is 2. The topological polar surface area (TPSA) is 46.3 Å². The molecular formula is C22H26N2O2. The monoisotopic (exact) mass is 350 g/mol. The van der Waals surface area contributed by atoms with E-state index in [1.807, 2.05) is 12.1 Å². The van der Waals surface area contributed by atoms with E-state index in [0.717, 1.165) is 23.6 Å². The first-order valence-corrected chi connectivity index (χ1v) is 9.28. The Morgan fingerprint density at radius 1 is 0.962 bits per heavy atom. The van der Waals surface area contributed by atoms with E-state index in [2.05, 4.69) is 46.8 Å². The van der Waals surface area contributed by atoms with Crippen LogP contribution in [0.2, 0.25) is 0 Å². The highest BCUT2D eigenvalue weighted by atomic mass is 16.5. The third-order valence-corrected chi connectivity index (χ3v) is 5.69. The van der Waals surface area contributed by atoms with E-state index in [0.29, 0.717) is 0 Å². The van der Waals surface area contributed by atoms with Gasteiger partial charge < -0.3 is 19.8 Å². The molecule has 0 unspecified atom stereocenters. The van der Waals surface area contributed by atoms with E-state index in [4.69, 9.17) is 9.47 Å². The fourth-order valence-electron chi connectivity index (χ4n) is 4.16. The molecule has 1 aliphatic rings. The molecule has 1 aliphatic carbocycles. The molecule has 0 amide bonds. The first-order valence-electron chi connectivity index (χ1n) is 9.28. The van der Waals surface area contributed by atoms with Crippen LogP contribution in [0.1, 0.15) is 36.8 Å². The Kier molecular flexibility index (Phi) is 4.60. The molecule has 0 radical (unpaired) electrons. The van der Waals surface area contributed by atoms with Crippen LogP contribution in [0.4, 0.5) is 0 Å². The van der Waals surface area contributed by atoms with Crippen molar-refractivity contribution in [3.63, 3.8) is 0 Å². The van der Waals surface area contributed by atoms with Crippen molar-refractivity contribution in [2.24, 2.45) is 0 Å². The van der Waals surface area contributed by atoms with Crippen LogP contribution in [0.3, 0.4) is 0 Å². The lowest BCUT2D eigenvalue weighted by Crippen LogP contribution is -2.39. The van der Waals surface area contributed by atoms with E-state index in [1.165, 1.54) is 42.2 Å². The highest BCUT2D eigenvalue weighted by Gasteiger charge is 2.35. The minimum Gasteiger partial charge on any atom is -0.497 e. The minimum atomic E-state index is 0.0579. The summed E-state index contributed by atoms with van der Waals surface area (Å²) < 4.78 is 10.6. The van der Waals surface area contributed by atoms with Gasteiger partial charge in [-0.25, -0.2) is 0 Å². The van der Waals surface area contributed by atoms with Crippen LogP contribution in [-0.2, 0) is 12.1 Å².